The van der Waals surface area contributed by atoms with Crippen molar-refractivity contribution in [3.63, 3.8) is 0 Å². The second kappa shape index (κ2) is 5.61. The monoisotopic (exact) mass is 262 g/mol. The van der Waals surface area contributed by atoms with Crippen LogP contribution in [0.15, 0.2) is 24.3 Å². The number of hydrogen-bond acceptors (Lipinski definition) is 2. The molecular formula is C15H24N3O+. The first-order valence-corrected chi connectivity index (χ1v) is 7.10. The molecule has 0 atom stereocenters. The summed E-state index contributed by atoms with van der Waals surface area (Å²) in [4.78, 5) is 13.5. The van der Waals surface area contributed by atoms with Crippen molar-refractivity contribution in [3.05, 3.63) is 29.8 Å². The van der Waals surface area contributed by atoms with Crippen molar-refractivity contribution in [1.82, 2.24) is 0 Å². The molecule has 2 rings (SSSR count). The van der Waals surface area contributed by atoms with Crippen molar-refractivity contribution < 1.29 is 9.28 Å². The number of carbonyl (C=O) groups is 1. The number of quaternary nitrogens is 1. The van der Waals surface area contributed by atoms with Crippen LogP contribution in [-0.2, 0) is 0 Å². The summed E-state index contributed by atoms with van der Waals surface area (Å²) >= 11 is 0. The van der Waals surface area contributed by atoms with Crippen molar-refractivity contribution in [2.45, 2.75) is 13.8 Å². The van der Waals surface area contributed by atoms with Gasteiger partial charge in [0, 0.05) is 11.3 Å². The Hall–Kier alpha value is -1.55. The van der Waals surface area contributed by atoms with E-state index in [2.05, 4.69) is 18.7 Å². The maximum Gasteiger partial charge on any atom is 0.248 e. The van der Waals surface area contributed by atoms with E-state index in [0.717, 1.165) is 13.1 Å². The summed E-state index contributed by atoms with van der Waals surface area (Å²) in [5.41, 5.74) is 7.03. The van der Waals surface area contributed by atoms with Crippen molar-refractivity contribution in [2.24, 2.45) is 5.73 Å². The molecule has 0 bridgehead atoms. The van der Waals surface area contributed by atoms with Crippen LogP contribution in [-0.4, -0.2) is 49.7 Å². The third kappa shape index (κ3) is 2.89. The second-order valence-corrected chi connectivity index (χ2v) is 5.32. The summed E-state index contributed by atoms with van der Waals surface area (Å²) in [5, 5.41) is 0. The van der Waals surface area contributed by atoms with Crippen LogP contribution >= 0.6 is 0 Å². The van der Waals surface area contributed by atoms with E-state index >= 15 is 0 Å². The molecule has 0 unspecified atom stereocenters. The second-order valence-electron chi connectivity index (χ2n) is 5.32. The van der Waals surface area contributed by atoms with Gasteiger partial charge in [-0.2, -0.15) is 0 Å². The molecule has 0 radical (unpaired) electrons. The van der Waals surface area contributed by atoms with Crippen LogP contribution < -0.4 is 10.6 Å². The van der Waals surface area contributed by atoms with Gasteiger partial charge in [-0.25, -0.2) is 0 Å². The molecule has 1 aliphatic rings. The number of hydrogen-bond donors (Lipinski definition) is 1. The van der Waals surface area contributed by atoms with Gasteiger partial charge < -0.3 is 15.1 Å². The van der Waals surface area contributed by atoms with Gasteiger partial charge in [-0.15, -0.1) is 0 Å². The normalized spacial score (nSPS) is 18.3. The minimum Gasteiger partial charge on any atom is -0.366 e. The number of amides is 1. The SMILES string of the molecule is CC[N+]1(CC)CCN(c2ccc(C(N)=O)cc2)CC1. The van der Waals surface area contributed by atoms with E-state index in [4.69, 9.17) is 5.73 Å². The van der Waals surface area contributed by atoms with Gasteiger partial charge in [-0.05, 0) is 38.1 Å². The van der Waals surface area contributed by atoms with Crippen molar-refractivity contribution in [1.29, 1.82) is 0 Å². The Kier molecular flexibility index (Phi) is 4.10. The zero-order chi connectivity index (χ0) is 13.9. The fourth-order valence-electron chi connectivity index (χ4n) is 2.84. The van der Waals surface area contributed by atoms with E-state index in [0.29, 0.717) is 5.56 Å². The number of benzene rings is 1. The van der Waals surface area contributed by atoms with Gasteiger partial charge in [0.15, 0.2) is 0 Å². The first kappa shape index (κ1) is 13.9. The Bertz CT molecular complexity index is 427. The lowest BCUT2D eigenvalue weighted by Crippen LogP contribution is -2.59. The summed E-state index contributed by atoms with van der Waals surface area (Å²) in [5.74, 6) is -0.363. The van der Waals surface area contributed by atoms with E-state index in [9.17, 15) is 4.79 Å². The van der Waals surface area contributed by atoms with Gasteiger partial charge in [-0.3, -0.25) is 4.79 Å². The van der Waals surface area contributed by atoms with E-state index < -0.39 is 0 Å². The molecule has 104 valence electrons. The highest BCUT2D eigenvalue weighted by atomic mass is 16.1. The zero-order valence-electron chi connectivity index (χ0n) is 11.9. The molecule has 4 heteroatoms. The number of anilines is 1. The molecule has 19 heavy (non-hydrogen) atoms. The molecule has 0 aromatic heterocycles. The van der Waals surface area contributed by atoms with Crippen LogP contribution in [0.4, 0.5) is 5.69 Å². The Morgan fingerprint density at radius 1 is 1.16 bits per heavy atom. The predicted octanol–water partition coefficient (Wildman–Crippen LogP) is 1.46. The molecule has 4 nitrogen and oxygen atoms in total. The van der Waals surface area contributed by atoms with Crippen molar-refractivity contribution in [3.8, 4) is 0 Å². The quantitative estimate of drug-likeness (QED) is 0.835. The fraction of sp³-hybridized carbons (Fsp3) is 0.533. The molecule has 1 heterocycles. The number of carbonyl (C=O) groups excluding carboxylic acids is 1. The molecule has 1 amide bonds. The molecule has 0 saturated carbocycles. The fourth-order valence-corrected chi connectivity index (χ4v) is 2.84. The molecule has 0 aliphatic carbocycles. The van der Waals surface area contributed by atoms with Crippen molar-refractivity contribution >= 4 is 11.6 Å². The molecular weight excluding hydrogens is 238 g/mol. The number of nitrogens with two attached hydrogens (primary N) is 1. The molecule has 1 aromatic rings. The van der Waals surface area contributed by atoms with E-state index in [1.165, 1.54) is 36.3 Å². The Morgan fingerprint density at radius 3 is 2.11 bits per heavy atom. The first-order chi connectivity index (χ1) is 9.10. The lowest BCUT2D eigenvalue weighted by Gasteiger charge is -2.44. The maximum atomic E-state index is 11.1. The predicted molar refractivity (Wildman–Crippen MR) is 78.2 cm³/mol. The van der Waals surface area contributed by atoms with Crippen LogP contribution in [0, 0.1) is 0 Å². The van der Waals surface area contributed by atoms with E-state index in [-0.39, 0.29) is 5.91 Å². The topological polar surface area (TPSA) is 46.3 Å². The Labute approximate surface area is 115 Å². The third-order valence-electron chi connectivity index (χ3n) is 4.55. The lowest BCUT2D eigenvalue weighted by atomic mass is 10.1. The van der Waals surface area contributed by atoms with Gasteiger partial charge >= 0.3 is 0 Å². The van der Waals surface area contributed by atoms with Crippen LogP contribution in [0.2, 0.25) is 0 Å². The lowest BCUT2D eigenvalue weighted by molar-refractivity contribution is -0.925. The van der Waals surface area contributed by atoms with Gasteiger partial charge in [0.05, 0.1) is 39.3 Å². The Balaban J connectivity index is 2.03. The third-order valence-corrected chi connectivity index (χ3v) is 4.55. The standard InChI is InChI=1S/C15H23N3O/c1-3-18(4-2)11-9-17(10-12-18)14-7-5-13(6-8-14)15(16)19/h5-8H,3-4,9-12H2,1-2H3,(H-,16,19)/p+1. The number of primary amides is 1. The first-order valence-electron chi connectivity index (χ1n) is 7.10. The zero-order valence-corrected chi connectivity index (χ0v) is 11.9. The summed E-state index contributed by atoms with van der Waals surface area (Å²) < 4.78 is 1.22. The maximum absolute atomic E-state index is 11.1. The van der Waals surface area contributed by atoms with E-state index in [1.54, 1.807) is 0 Å². The highest BCUT2D eigenvalue weighted by molar-refractivity contribution is 5.93. The van der Waals surface area contributed by atoms with Crippen LogP contribution in [0.5, 0.6) is 0 Å². The molecule has 1 saturated heterocycles. The minimum atomic E-state index is -0.363. The Morgan fingerprint density at radius 2 is 1.68 bits per heavy atom. The summed E-state index contributed by atoms with van der Waals surface area (Å²) in [7, 11) is 0. The number of likely N-dealkylation sites (N-methyl/N-ethyl adjacent to an activating group) is 1. The molecule has 0 spiro atoms. The highest BCUT2D eigenvalue weighted by Gasteiger charge is 2.29. The summed E-state index contributed by atoms with van der Waals surface area (Å²) in [6.45, 7) is 11.5. The number of nitrogens with zero attached hydrogens (tertiary/aromatic N) is 2. The van der Waals surface area contributed by atoms with Gasteiger partial charge in [-0.1, -0.05) is 0 Å². The molecule has 2 N–H and O–H groups in total. The van der Waals surface area contributed by atoms with Crippen LogP contribution in [0.25, 0.3) is 0 Å². The smallest absolute Gasteiger partial charge is 0.248 e. The van der Waals surface area contributed by atoms with Crippen LogP contribution in [0.1, 0.15) is 24.2 Å². The van der Waals surface area contributed by atoms with Crippen LogP contribution in [0.3, 0.4) is 0 Å². The van der Waals surface area contributed by atoms with Gasteiger partial charge in [0.1, 0.15) is 0 Å². The van der Waals surface area contributed by atoms with E-state index in [1.807, 2.05) is 24.3 Å². The number of rotatable bonds is 4. The minimum absolute atomic E-state index is 0.363. The molecule has 1 aliphatic heterocycles. The number of piperazine rings is 1. The van der Waals surface area contributed by atoms with Gasteiger partial charge in [0.25, 0.3) is 0 Å². The average molecular weight is 262 g/mol. The van der Waals surface area contributed by atoms with Crippen molar-refractivity contribution in [2.75, 3.05) is 44.2 Å². The molecule has 1 aromatic carbocycles. The largest absolute Gasteiger partial charge is 0.366 e. The highest BCUT2D eigenvalue weighted by Crippen LogP contribution is 2.20. The average Bonchev–Trinajstić information content (AvgIpc) is 2.47. The molecule has 1 fully saturated rings. The summed E-state index contributed by atoms with van der Waals surface area (Å²) in [6.07, 6.45) is 0. The van der Waals surface area contributed by atoms with Gasteiger partial charge in [0.2, 0.25) is 5.91 Å². The summed E-state index contributed by atoms with van der Waals surface area (Å²) in [6, 6.07) is 7.62.